The molecule has 21 heavy (non-hydrogen) atoms. The average Bonchev–Trinajstić information content (AvgIpc) is 2.47. The van der Waals surface area contributed by atoms with Crippen molar-refractivity contribution in [2.24, 2.45) is 0 Å². The Hall–Kier alpha value is -2.15. The van der Waals surface area contributed by atoms with E-state index in [0.29, 0.717) is 16.8 Å². The maximum atomic E-state index is 11.1. The van der Waals surface area contributed by atoms with Crippen LogP contribution in [0.2, 0.25) is 0 Å². The highest BCUT2D eigenvalue weighted by Gasteiger charge is 2.20. The number of hydrogen-bond acceptors (Lipinski definition) is 5. The van der Waals surface area contributed by atoms with Crippen molar-refractivity contribution in [3.63, 3.8) is 0 Å². The number of rotatable bonds is 5. The van der Waals surface area contributed by atoms with Crippen LogP contribution in [0.4, 0.5) is 11.5 Å². The quantitative estimate of drug-likeness (QED) is 0.609. The van der Waals surface area contributed by atoms with Crippen molar-refractivity contribution in [1.29, 1.82) is 0 Å². The lowest BCUT2D eigenvalue weighted by Gasteiger charge is -2.19. The van der Waals surface area contributed by atoms with Gasteiger partial charge in [0.1, 0.15) is 5.75 Å². The molecule has 0 aliphatic rings. The van der Waals surface area contributed by atoms with E-state index in [2.05, 4.69) is 20.9 Å². The number of aromatic nitrogens is 1. The molecule has 2 aromatic rings. The van der Waals surface area contributed by atoms with Crippen LogP contribution >= 0.6 is 15.9 Å². The van der Waals surface area contributed by atoms with E-state index in [1.165, 1.54) is 6.07 Å². The van der Waals surface area contributed by atoms with E-state index >= 15 is 0 Å². The van der Waals surface area contributed by atoms with Crippen LogP contribution in [0.25, 0.3) is 0 Å². The van der Waals surface area contributed by atoms with Crippen LogP contribution in [0, 0.1) is 10.1 Å². The predicted octanol–water partition coefficient (Wildman–Crippen LogP) is 3.40. The summed E-state index contributed by atoms with van der Waals surface area (Å²) in [4.78, 5) is 16.6. The Morgan fingerprint density at radius 3 is 2.81 bits per heavy atom. The Balaban J connectivity index is 2.32. The van der Waals surface area contributed by atoms with Gasteiger partial charge in [0, 0.05) is 35.9 Å². The van der Waals surface area contributed by atoms with Gasteiger partial charge in [0.15, 0.2) is 0 Å². The van der Waals surface area contributed by atoms with Crippen molar-refractivity contribution in [1.82, 2.24) is 4.98 Å². The molecule has 0 N–H and O–H groups in total. The number of halogens is 1. The molecule has 0 spiro atoms. The van der Waals surface area contributed by atoms with E-state index in [1.807, 2.05) is 24.3 Å². The minimum absolute atomic E-state index is 0.0400. The Bertz CT molecular complexity index is 664. The van der Waals surface area contributed by atoms with Crippen LogP contribution in [0.1, 0.15) is 5.56 Å². The van der Waals surface area contributed by atoms with Gasteiger partial charge in [0.25, 0.3) is 0 Å². The summed E-state index contributed by atoms with van der Waals surface area (Å²) in [5, 5.41) is 11.1. The van der Waals surface area contributed by atoms with Crippen molar-refractivity contribution in [2.75, 3.05) is 19.1 Å². The van der Waals surface area contributed by atoms with Gasteiger partial charge < -0.3 is 9.64 Å². The molecule has 1 aromatic heterocycles. The van der Waals surface area contributed by atoms with Gasteiger partial charge in [-0.25, -0.2) is 4.98 Å². The van der Waals surface area contributed by atoms with Crippen LogP contribution in [-0.4, -0.2) is 24.1 Å². The van der Waals surface area contributed by atoms with Crippen molar-refractivity contribution >= 4 is 27.4 Å². The Kier molecular flexibility index (Phi) is 4.74. The Morgan fingerprint density at radius 2 is 2.14 bits per heavy atom. The van der Waals surface area contributed by atoms with Gasteiger partial charge in [-0.3, -0.25) is 10.1 Å². The summed E-state index contributed by atoms with van der Waals surface area (Å²) in [6.45, 7) is 0.458. The summed E-state index contributed by atoms with van der Waals surface area (Å²) in [5.74, 6) is 1.05. The van der Waals surface area contributed by atoms with Crippen LogP contribution in [0.3, 0.4) is 0 Å². The lowest BCUT2D eigenvalue weighted by Crippen LogP contribution is -2.19. The van der Waals surface area contributed by atoms with Crippen LogP contribution in [0.15, 0.2) is 41.0 Å². The smallest absolute Gasteiger partial charge is 0.312 e. The van der Waals surface area contributed by atoms with E-state index in [4.69, 9.17) is 4.74 Å². The van der Waals surface area contributed by atoms with Crippen molar-refractivity contribution in [2.45, 2.75) is 6.54 Å². The van der Waals surface area contributed by atoms with E-state index in [0.717, 1.165) is 11.3 Å². The second-order valence-corrected chi connectivity index (χ2v) is 5.34. The molecule has 0 aliphatic carbocycles. The Labute approximate surface area is 130 Å². The first-order chi connectivity index (χ1) is 10.0. The maximum absolute atomic E-state index is 11.1. The number of nitrogens with zero attached hydrogens (tertiary/aromatic N) is 3. The first-order valence-corrected chi connectivity index (χ1v) is 6.95. The molecule has 0 saturated carbocycles. The lowest BCUT2D eigenvalue weighted by atomic mass is 10.2. The predicted molar refractivity (Wildman–Crippen MR) is 83.7 cm³/mol. The molecule has 0 unspecified atom stereocenters. The number of hydrogen-bond donors (Lipinski definition) is 0. The number of methoxy groups -OCH3 is 1. The minimum Gasteiger partial charge on any atom is -0.496 e. The minimum atomic E-state index is -0.439. The second-order valence-electron chi connectivity index (χ2n) is 4.42. The molecular formula is C14H14BrN3O3. The first-order valence-electron chi connectivity index (χ1n) is 6.16. The number of ether oxygens (including phenoxy) is 1. The van der Waals surface area contributed by atoms with Gasteiger partial charge in [0.2, 0.25) is 5.82 Å². The standard InChI is InChI=1S/C14H14BrN3O3/c1-17(9-10-5-3-4-6-13(10)21-2)14-12(18(19)20)7-11(15)8-16-14/h3-8H,9H2,1-2H3. The molecule has 7 heteroatoms. The summed E-state index contributed by atoms with van der Waals surface area (Å²) >= 11 is 3.20. The zero-order valence-corrected chi connectivity index (χ0v) is 13.2. The molecule has 1 aromatic carbocycles. The van der Waals surface area contributed by atoms with Gasteiger partial charge in [-0.1, -0.05) is 18.2 Å². The van der Waals surface area contributed by atoms with Crippen molar-refractivity contribution in [3.8, 4) is 5.75 Å². The molecule has 6 nitrogen and oxygen atoms in total. The fraction of sp³-hybridized carbons (Fsp3) is 0.214. The number of pyridine rings is 1. The SMILES string of the molecule is COc1ccccc1CN(C)c1ncc(Br)cc1[N+](=O)[O-]. The highest BCUT2D eigenvalue weighted by atomic mass is 79.9. The third-order valence-electron chi connectivity index (χ3n) is 2.97. The van der Waals surface area contributed by atoms with Gasteiger partial charge >= 0.3 is 5.69 Å². The molecule has 110 valence electrons. The molecular weight excluding hydrogens is 338 g/mol. The van der Waals surface area contributed by atoms with E-state index in [9.17, 15) is 10.1 Å². The number of anilines is 1. The summed E-state index contributed by atoms with van der Waals surface area (Å²) < 4.78 is 5.86. The fourth-order valence-corrected chi connectivity index (χ4v) is 2.33. The molecule has 1 heterocycles. The summed E-state index contributed by atoms with van der Waals surface area (Å²) in [6.07, 6.45) is 1.54. The number of nitro groups is 1. The number of benzene rings is 1. The third-order valence-corrected chi connectivity index (χ3v) is 3.41. The molecule has 0 aliphatic heterocycles. The van der Waals surface area contributed by atoms with E-state index < -0.39 is 4.92 Å². The molecule has 0 saturated heterocycles. The molecule has 0 radical (unpaired) electrons. The van der Waals surface area contributed by atoms with Crippen LogP contribution in [0.5, 0.6) is 5.75 Å². The van der Waals surface area contributed by atoms with E-state index in [1.54, 1.807) is 25.3 Å². The average molecular weight is 352 g/mol. The first kappa shape index (κ1) is 15.2. The molecule has 2 rings (SSSR count). The van der Waals surface area contributed by atoms with Gasteiger partial charge in [-0.2, -0.15) is 0 Å². The third kappa shape index (κ3) is 3.49. The Morgan fingerprint density at radius 1 is 1.43 bits per heavy atom. The van der Waals surface area contributed by atoms with Gasteiger partial charge in [0.05, 0.1) is 12.0 Å². The second kappa shape index (κ2) is 6.53. The van der Waals surface area contributed by atoms with Gasteiger partial charge in [-0.05, 0) is 22.0 Å². The summed E-state index contributed by atoms with van der Waals surface area (Å²) in [5.41, 5.74) is 0.892. The summed E-state index contributed by atoms with van der Waals surface area (Å²) in [6, 6.07) is 8.99. The van der Waals surface area contributed by atoms with E-state index in [-0.39, 0.29) is 5.69 Å². The molecule has 0 amide bonds. The van der Waals surface area contributed by atoms with Crippen LogP contribution in [-0.2, 0) is 6.54 Å². The number of para-hydroxylation sites is 1. The normalized spacial score (nSPS) is 10.2. The zero-order valence-electron chi connectivity index (χ0n) is 11.6. The molecule has 0 atom stereocenters. The van der Waals surface area contributed by atoms with Gasteiger partial charge in [-0.15, -0.1) is 0 Å². The lowest BCUT2D eigenvalue weighted by molar-refractivity contribution is -0.384. The highest BCUT2D eigenvalue weighted by Crippen LogP contribution is 2.29. The zero-order chi connectivity index (χ0) is 15.4. The topological polar surface area (TPSA) is 68.5 Å². The highest BCUT2D eigenvalue weighted by molar-refractivity contribution is 9.10. The molecule has 0 bridgehead atoms. The maximum Gasteiger partial charge on any atom is 0.312 e. The largest absolute Gasteiger partial charge is 0.496 e. The monoisotopic (exact) mass is 351 g/mol. The van der Waals surface area contributed by atoms with Crippen LogP contribution < -0.4 is 9.64 Å². The molecule has 0 fully saturated rings. The summed E-state index contributed by atoms with van der Waals surface area (Å²) in [7, 11) is 3.36. The fourth-order valence-electron chi connectivity index (χ4n) is 2.01. The van der Waals surface area contributed by atoms with Crippen molar-refractivity contribution in [3.05, 3.63) is 56.7 Å². The van der Waals surface area contributed by atoms with Crippen molar-refractivity contribution < 1.29 is 9.66 Å².